The third kappa shape index (κ3) is 1.80. The van der Waals surface area contributed by atoms with Gasteiger partial charge in [-0.05, 0) is 6.07 Å². The fourth-order valence-electron chi connectivity index (χ4n) is 0.979. The maximum atomic E-state index is 7.11. The largest absolute Gasteiger partial charge is 0.468 e. The van der Waals surface area contributed by atoms with Crippen LogP contribution in [-0.2, 0) is 4.74 Å². The highest BCUT2D eigenvalue weighted by Gasteiger charge is 2.20. The second kappa shape index (κ2) is 3.59. The standard InChI is InChI=1S/C8H10N4O2/c9-8(10)6-1-2-7(12-11-6)14-5-3-13-4-5/h1-2,5H,3-4H2,(H3,9,10). The zero-order chi connectivity index (χ0) is 9.97. The van der Waals surface area contributed by atoms with Crippen molar-refractivity contribution in [3.05, 3.63) is 17.8 Å². The number of nitrogens with one attached hydrogen (secondary N) is 1. The topological polar surface area (TPSA) is 94.1 Å². The highest BCUT2D eigenvalue weighted by molar-refractivity contribution is 5.92. The van der Waals surface area contributed by atoms with Crippen molar-refractivity contribution in [2.75, 3.05) is 13.2 Å². The van der Waals surface area contributed by atoms with E-state index < -0.39 is 0 Å². The number of nitrogens with zero attached hydrogens (tertiary/aromatic N) is 2. The Balaban J connectivity index is 2.01. The molecule has 14 heavy (non-hydrogen) atoms. The van der Waals surface area contributed by atoms with Crippen LogP contribution >= 0.6 is 0 Å². The van der Waals surface area contributed by atoms with Gasteiger partial charge in [0.05, 0.1) is 13.2 Å². The second-order valence-corrected chi connectivity index (χ2v) is 2.95. The minimum atomic E-state index is -0.101. The first-order valence-corrected chi connectivity index (χ1v) is 4.18. The third-order valence-electron chi connectivity index (χ3n) is 1.81. The molecule has 0 amide bonds. The molecule has 3 N–H and O–H groups in total. The summed E-state index contributed by atoms with van der Waals surface area (Å²) in [7, 11) is 0. The van der Waals surface area contributed by atoms with Gasteiger partial charge in [-0.1, -0.05) is 0 Å². The number of hydrogen-bond acceptors (Lipinski definition) is 5. The van der Waals surface area contributed by atoms with Crippen molar-refractivity contribution in [1.82, 2.24) is 10.2 Å². The zero-order valence-corrected chi connectivity index (χ0v) is 7.43. The number of amidine groups is 1. The number of aromatic nitrogens is 2. The van der Waals surface area contributed by atoms with Gasteiger partial charge >= 0.3 is 0 Å². The lowest BCUT2D eigenvalue weighted by atomic mass is 10.3. The molecule has 0 bridgehead atoms. The van der Waals surface area contributed by atoms with Crippen molar-refractivity contribution in [1.29, 1.82) is 5.41 Å². The maximum absolute atomic E-state index is 7.11. The van der Waals surface area contributed by atoms with Crippen molar-refractivity contribution in [2.24, 2.45) is 5.73 Å². The first-order chi connectivity index (χ1) is 6.75. The van der Waals surface area contributed by atoms with Gasteiger partial charge < -0.3 is 15.2 Å². The molecule has 1 aliphatic heterocycles. The molecule has 1 saturated heterocycles. The van der Waals surface area contributed by atoms with E-state index in [1.54, 1.807) is 12.1 Å². The van der Waals surface area contributed by atoms with Crippen LogP contribution in [0.15, 0.2) is 12.1 Å². The van der Waals surface area contributed by atoms with E-state index in [1.807, 2.05) is 0 Å². The predicted molar refractivity (Wildman–Crippen MR) is 48.3 cm³/mol. The summed E-state index contributed by atoms with van der Waals surface area (Å²) in [6.07, 6.45) is 0.0764. The van der Waals surface area contributed by atoms with E-state index in [4.69, 9.17) is 20.6 Å². The molecule has 1 aromatic heterocycles. The van der Waals surface area contributed by atoms with Crippen LogP contribution in [0.3, 0.4) is 0 Å². The lowest BCUT2D eigenvalue weighted by Crippen LogP contribution is -2.38. The van der Waals surface area contributed by atoms with E-state index in [0.29, 0.717) is 24.8 Å². The van der Waals surface area contributed by atoms with Gasteiger partial charge in [0.1, 0.15) is 17.6 Å². The Morgan fingerprint density at radius 3 is 2.71 bits per heavy atom. The summed E-state index contributed by atoms with van der Waals surface area (Å²) in [5.74, 6) is 0.333. The average molecular weight is 194 g/mol. The van der Waals surface area contributed by atoms with Crippen LogP contribution in [-0.4, -0.2) is 35.4 Å². The molecule has 0 radical (unpaired) electrons. The first-order valence-electron chi connectivity index (χ1n) is 4.18. The number of ether oxygens (including phenoxy) is 2. The van der Waals surface area contributed by atoms with Crippen LogP contribution in [0.25, 0.3) is 0 Å². The fraction of sp³-hybridized carbons (Fsp3) is 0.375. The predicted octanol–water partition coefficient (Wildman–Crippen LogP) is -0.462. The van der Waals surface area contributed by atoms with Crippen molar-refractivity contribution in [2.45, 2.75) is 6.10 Å². The molecule has 6 heteroatoms. The van der Waals surface area contributed by atoms with Gasteiger partial charge in [-0.3, -0.25) is 5.41 Å². The first kappa shape index (κ1) is 8.89. The van der Waals surface area contributed by atoms with Crippen LogP contribution in [0, 0.1) is 5.41 Å². The molecule has 0 atom stereocenters. The Morgan fingerprint density at radius 1 is 1.50 bits per heavy atom. The zero-order valence-electron chi connectivity index (χ0n) is 7.43. The smallest absolute Gasteiger partial charge is 0.233 e. The number of nitrogens with two attached hydrogens (primary N) is 1. The van der Waals surface area contributed by atoms with Gasteiger partial charge in [0.25, 0.3) is 0 Å². The lowest BCUT2D eigenvalue weighted by molar-refractivity contribution is -0.0816. The number of rotatable bonds is 3. The summed E-state index contributed by atoms with van der Waals surface area (Å²) in [5, 5.41) is 14.6. The quantitative estimate of drug-likeness (QED) is 0.501. The summed E-state index contributed by atoms with van der Waals surface area (Å²) < 4.78 is 10.3. The van der Waals surface area contributed by atoms with E-state index in [2.05, 4.69) is 10.2 Å². The highest BCUT2D eigenvalue weighted by Crippen LogP contribution is 2.11. The lowest BCUT2D eigenvalue weighted by Gasteiger charge is -2.25. The SMILES string of the molecule is N=C(N)c1ccc(OC2COC2)nn1. The van der Waals surface area contributed by atoms with Gasteiger partial charge in [-0.2, -0.15) is 0 Å². The normalized spacial score (nSPS) is 16.0. The Hall–Kier alpha value is -1.69. The molecule has 1 aliphatic rings. The summed E-state index contributed by atoms with van der Waals surface area (Å²) >= 11 is 0. The molecule has 0 saturated carbocycles. The monoisotopic (exact) mass is 194 g/mol. The Kier molecular flexibility index (Phi) is 2.28. The van der Waals surface area contributed by atoms with Crippen molar-refractivity contribution in [3.63, 3.8) is 0 Å². The molecular formula is C8H10N4O2. The summed E-state index contributed by atoms with van der Waals surface area (Å²) in [4.78, 5) is 0. The van der Waals surface area contributed by atoms with Crippen molar-refractivity contribution < 1.29 is 9.47 Å². The molecule has 0 spiro atoms. The van der Waals surface area contributed by atoms with E-state index >= 15 is 0 Å². The highest BCUT2D eigenvalue weighted by atomic mass is 16.6. The Morgan fingerprint density at radius 2 is 2.29 bits per heavy atom. The molecule has 74 valence electrons. The fourth-order valence-corrected chi connectivity index (χ4v) is 0.979. The Labute approximate surface area is 80.5 Å². The van der Waals surface area contributed by atoms with Gasteiger partial charge in [0.15, 0.2) is 0 Å². The molecule has 0 aliphatic carbocycles. The van der Waals surface area contributed by atoms with E-state index in [1.165, 1.54) is 0 Å². The third-order valence-corrected chi connectivity index (χ3v) is 1.81. The Bertz CT molecular complexity index is 334. The molecular weight excluding hydrogens is 184 g/mol. The number of hydrogen-bond donors (Lipinski definition) is 2. The molecule has 1 aromatic rings. The van der Waals surface area contributed by atoms with E-state index in [0.717, 1.165) is 0 Å². The molecule has 2 rings (SSSR count). The van der Waals surface area contributed by atoms with Crippen molar-refractivity contribution >= 4 is 5.84 Å². The van der Waals surface area contributed by atoms with E-state index in [-0.39, 0.29) is 11.9 Å². The molecule has 6 nitrogen and oxygen atoms in total. The molecule has 0 unspecified atom stereocenters. The van der Waals surface area contributed by atoms with Crippen LogP contribution in [0.1, 0.15) is 5.69 Å². The summed E-state index contributed by atoms with van der Waals surface area (Å²) in [5.41, 5.74) is 5.57. The van der Waals surface area contributed by atoms with Crippen LogP contribution < -0.4 is 10.5 Å². The van der Waals surface area contributed by atoms with Gasteiger partial charge in [0, 0.05) is 6.07 Å². The van der Waals surface area contributed by atoms with Crippen LogP contribution in [0.2, 0.25) is 0 Å². The van der Waals surface area contributed by atoms with Gasteiger partial charge in [0.2, 0.25) is 5.88 Å². The maximum Gasteiger partial charge on any atom is 0.233 e. The molecule has 0 aromatic carbocycles. The molecule has 2 heterocycles. The summed E-state index contributed by atoms with van der Waals surface area (Å²) in [6, 6.07) is 3.24. The molecule has 1 fully saturated rings. The van der Waals surface area contributed by atoms with Crippen LogP contribution in [0.4, 0.5) is 0 Å². The van der Waals surface area contributed by atoms with Crippen LogP contribution in [0.5, 0.6) is 5.88 Å². The summed E-state index contributed by atoms with van der Waals surface area (Å²) in [6.45, 7) is 1.19. The average Bonchev–Trinajstić information content (AvgIpc) is 2.12. The van der Waals surface area contributed by atoms with Gasteiger partial charge in [-0.15, -0.1) is 10.2 Å². The second-order valence-electron chi connectivity index (χ2n) is 2.95. The van der Waals surface area contributed by atoms with Gasteiger partial charge in [-0.25, -0.2) is 0 Å². The number of nitrogen functional groups attached to an aromatic ring is 1. The minimum absolute atomic E-state index is 0.0764. The van der Waals surface area contributed by atoms with E-state index in [9.17, 15) is 0 Å². The van der Waals surface area contributed by atoms with Crippen molar-refractivity contribution in [3.8, 4) is 5.88 Å². The minimum Gasteiger partial charge on any atom is -0.468 e.